The molecule has 0 unspecified atom stereocenters. The molecule has 94 valence electrons. The van der Waals surface area contributed by atoms with Gasteiger partial charge in [0.05, 0.1) is 21.9 Å². The lowest BCUT2D eigenvalue weighted by Gasteiger charge is -2.07. The number of carbonyl (C=O) groups excluding carboxylic acids is 1. The van der Waals surface area contributed by atoms with E-state index in [0.29, 0.717) is 11.4 Å². The summed E-state index contributed by atoms with van der Waals surface area (Å²) in [4.78, 5) is 12.0. The summed E-state index contributed by atoms with van der Waals surface area (Å²) in [6, 6.07) is 2.92. The predicted molar refractivity (Wildman–Crippen MR) is 72.2 cm³/mol. The molecule has 0 aliphatic carbocycles. The summed E-state index contributed by atoms with van der Waals surface area (Å²) in [6.45, 7) is 1.82. The summed E-state index contributed by atoms with van der Waals surface area (Å²) in [5.41, 5.74) is 7.01. The fourth-order valence-electron chi connectivity index (χ4n) is 1.37. The van der Waals surface area contributed by atoms with Crippen LogP contribution in [0.15, 0.2) is 18.3 Å². The third-order valence-corrected chi connectivity index (χ3v) is 3.03. The fraction of sp³-hybridized carbons (Fsp3) is 0.0909. The molecule has 7 heteroatoms. The number of aryl methyl sites for hydroxylation is 1. The highest BCUT2D eigenvalue weighted by Crippen LogP contribution is 2.29. The molecular formula is C11H10Cl2N4O. The van der Waals surface area contributed by atoms with E-state index in [1.54, 1.807) is 6.20 Å². The van der Waals surface area contributed by atoms with Crippen LogP contribution in [0.25, 0.3) is 0 Å². The van der Waals surface area contributed by atoms with Gasteiger partial charge in [0.1, 0.15) is 5.82 Å². The molecule has 0 spiro atoms. The number of H-pyrrole nitrogens is 1. The molecule has 4 N–H and O–H groups in total. The number of nitrogens with zero attached hydrogens (tertiary/aromatic N) is 1. The highest BCUT2D eigenvalue weighted by molar-refractivity contribution is 6.39. The van der Waals surface area contributed by atoms with E-state index in [9.17, 15) is 4.79 Å². The topological polar surface area (TPSA) is 83.8 Å². The van der Waals surface area contributed by atoms with E-state index in [-0.39, 0.29) is 21.6 Å². The second kappa shape index (κ2) is 4.88. The number of carbonyl (C=O) groups is 1. The molecule has 0 saturated carbocycles. The van der Waals surface area contributed by atoms with Crippen molar-refractivity contribution in [1.29, 1.82) is 0 Å². The minimum absolute atomic E-state index is 0.244. The van der Waals surface area contributed by atoms with Crippen LogP contribution < -0.4 is 11.1 Å². The summed E-state index contributed by atoms with van der Waals surface area (Å²) in [5, 5.41) is 9.63. The molecule has 0 bridgehead atoms. The first-order chi connectivity index (χ1) is 8.49. The maximum Gasteiger partial charge on any atom is 0.256 e. The van der Waals surface area contributed by atoms with Crippen molar-refractivity contribution in [1.82, 2.24) is 10.2 Å². The third kappa shape index (κ3) is 2.42. The first kappa shape index (κ1) is 12.7. The van der Waals surface area contributed by atoms with Crippen molar-refractivity contribution >= 4 is 40.6 Å². The predicted octanol–water partition coefficient (Wildman–Crippen LogP) is 2.86. The number of benzene rings is 1. The van der Waals surface area contributed by atoms with Gasteiger partial charge in [0.25, 0.3) is 5.91 Å². The summed E-state index contributed by atoms with van der Waals surface area (Å²) in [6.07, 6.45) is 1.61. The molecular weight excluding hydrogens is 275 g/mol. The number of anilines is 2. The molecule has 0 radical (unpaired) electrons. The van der Waals surface area contributed by atoms with Crippen molar-refractivity contribution in [3.05, 3.63) is 39.5 Å². The van der Waals surface area contributed by atoms with Crippen LogP contribution in [-0.2, 0) is 0 Å². The van der Waals surface area contributed by atoms with Gasteiger partial charge in [-0.1, -0.05) is 23.2 Å². The Morgan fingerprint density at radius 2 is 2.00 bits per heavy atom. The first-order valence-corrected chi connectivity index (χ1v) is 5.80. The van der Waals surface area contributed by atoms with Crippen LogP contribution in [0, 0.1) is 6.92 Å². The number of nitrogen functional groups attached to an aromatic ring is 1. The normalized spacial score (nSPS) is 10.4. The molecule has 1 aromatic carbocycles. The zero-order valence-corrected chi connectivity index (χ0v) is 10.9. The fourth-order valence-corrected chi connectivity index (χ4v) is 1.86. The summed E-state index contributed by atoms with van der Waals surface area (Å²) >= 11 is 11.7. The summed E-state index contributed by atoms with van der Waals surface area (Å²) in [7, 11) is 0. The zero-order chi connectivity index (χ0) is 13.3. The molecule has 2 aromatic rings. The molecule has 0 aliphatic rings. The van der Waals surface area contributed by atoms with Gasteiger partial charge in [-0.2, -0.15) is 5.10 Å². The van der Waals surface area contributed by atoms with Gasteiger partial charge in [-0.25, -0.2) is 0 Å². The van der Waals surface area contributed by atoms with Gasteiger partial charge >= 0.3 is 0 Å². The molecule has 0 atom stereocenters. The number of hydrogen-bond donors (Lipinski definition) is 3. The van der Waals surface area contributed by atoms with Gasteiger partial charge in [0, 0.05) is 11.1 Å². The average molecular weight is 285 g/mol. The molecule has 0 fully saturated rings. The van der Waals surface area contributed by atoms with E-state index >= 15 is 0 Å². The quantitative estimate of drug-likeness (QED) is 0.742. The number of nitrogens with one attached hydrogen (secondary N) is 2. The number of rotatable bonds is 2. The Morgan fingerprint density at radius 3 is 2.50 bits per heavy atom. The molecule has 0 saturated heterocycles. The van der Waals surface area contributed by atoms with Crippen molar-refractivity contribution in [2.45, 2.75) is 6.92 Å². The molecule has 18 heavy (non-hydrogen) atoms. The highest BCUT2D eigenvalue weighted by atomic mass is 35.5. The number of nitrogens with two attached hydrogens (primary N) is 1. The van der Waals surface area contributed by atoms with Crippen LogP contribution >= 0.6 is 23.2 Å². The Bertz CT molecular complexity index is 586. The molecule has 1 amide bonds. The van der Waals surface area contributed by atoms with Gasteiger partial charge in [0.15, 0.2) is 0 Å². The minimum Gasteiger partial charge on any atom is -0.396 e. The monoisotopic (exact) mass is 284 g/mol. The lowest BCUT2D eigenvalue weighted by Crippen LogP contribution is -2.13. The van der Waals surface area contributed by atoms with Gasteiger partial charge in [-0.15, -0.1) is 0 Å². The summed E-state index contributed by atoms with van der Waals surface area (Å²) in [5.74, 6) is 0.190. The smallest absolute Gasteiger partial charge is 0.256 e. The second-order valence-electron chi connectivity index (χ2n) is 3.74. The third-order valence-electron chi connectivity index (χ3n) is 2.41. The van der Waals surface area contributed by atoms with Gasteiger partial charge < -0.3 is 11.1 Å². The van der Waals surface area contributed by atoms with E-state index in [2.05, 4.69) is 15.5 Å². The second-order valence-corrected chi connectivity index (χ2v) is 4.55. The van der Waals surface area contributed by atoms with E-state index in [1.807, 2.05) is 6.92 Å². The molecule has 1 heterocycles. The Morgan fingerprint density at radius 1 is 1.39 bits per heavy atom. The average Bonchev–Trinajstić information content (AvgIpc) is 2.71. The minimum atomic E-state index is -0.342. The highest BCUT2D eigenvalue weighted by Gasteiger charge is 2.12. The van der Waals surface area contributed by atoms with Crippen LogP contribution in [-0.4, -0.2) is 16.1 Å². The van der Waals surface area contributed by atoms with E-state index in [1.165, 1.54) is 12.1 Å². The van der Waals surface area contributed by atoms with Crippen molar-refractivity contribution in [3.8, 4) is 0 Å². The number of amides is 1. The maximum atomic E-state index is 12.0. The number of aromatic nitrogens is 2. The number of halogens is 2. The zero-order valence-electron chi connectivity index (χ0n) is 9.42. The lowest BCUT2D eigenvalue weighted by atomic mass is 10.2. The molecule has 5 nitrogen and oxygen atoms in total. The van der Waals surface area contributed by atoms with Gasteiger partial charge in [-0.05, 0) is 19.1 Å². The molecule has 0 aliphatic heterocycles. The van der Waals surface area contributed by atoms with Crippen LogP contribution in [0.1, 0.15) is 15.9 Å². The van der Waals surface area contributed by atoms with Crippen LogP contribution in [0.3, 0.4) is 0 Å². The van der Waals surface area contributed by atoms with E-state index in [4.69, 9.17) is 28.9 Å². The van der Waals surface area contributed by atoms with Crippen molar-refractivity contribution in [2.75, 3.05) is 11.1 Å². The maximum absolute atomic E-state index is 12.0. The van der Waals surface area contributed by atoms with Crippen molar-refractivity contribution in [2.24, 2.45) is 0 Å². The molecule has 1 aromatic heterocycles. The van der Waals surface area contributed by atoms with Crippen LogP contribution in [0.2, 0.25) is 10.0 Å². The van der Waals surface area contributed by atoms with Crippen LogP contribution in [0.4, 0.5) is 11.5 Å². The molecule has 2 rings (SSSR count). The number of aromatic amines is 1. The number of hydrogen-bond acceptors (Lipinski definition) is 3. The standard InChI is InChI=1S/C11H10Cl2N4O/c1-5-4-15-17-10(5)16-11(18)6-2-7(12)9(14)8(13)3-6/h2-4H,14H2,1H3,(H2,15,16,17,18). The van der Waals surface area contributed by atoms with Crippen molar-refractivity contribution in [3.63, 3.8) is 0 Å². The Hall–Kier alpha value is -1.72. The lowest BCUT2D eigenvalue weighted by molar-refractivity contribution is 0.102. The summed E-state index contributed by atoms with van der Waals surface area (Å²) < 4.78 is 0. The SMILES string of the molecule is Cc1cn[nH]c1NC(=O)c1cc(Cl)c(N)c(Cl)c1. The van der Waals surface area contributed by atoms with Gasteiger partial charge in [-0.3, -0.25) is 9.89 Å². The van der Waals surface area contributed by atoms with E-state index < -0.39 is 0 Å². The van der Waals surface area contributed by atoms with E-state index in [0.717, 1.165) is 5.56 Å². The van der Waals surface area contributed by atoms with Crippen LogP contribution in [0.5, 0.6) is 0 Å². The van der Waals surface area contributed by atoms with Crippen molar-refractivity contribution < 1.29 is 4.79 Å². The Labute approximate surface area is 113 Å². The Kier molecular flexibility index (Phi) is 3.45. The largest absolute Gasteiger partial charge is 0.396 e. The van der Waals surface area contributed by atoms with Gasteiger partial charge in [0.2, 0.25) is 0 Å². The Balaban J connectivity index is 2.27. The first-order valence-electron chi connectivity index (χ1n) is 5.05.